The third kappa shape index (κ3) is 5.43. The number of fused-ring (bicyclic) bond motifs is 1. The molecular formula is C20H31FmN5O5. The summed E-state index contributed by atoms with van der Waals surface area (Å²) < 4.78 is 5.11. The summed E-state index contributed by atoms with van der Waals surface area (Å²) in [4.78, 5) is 38.9. The Hall–Kier alpha value is -3.78. The second-order valence-electron chi connectivity index (χ2n) is 8.32. The third-order valence-corrected chi connectivity index (χ3v) is 6.23. The van der Waals surface area contributed by atoms with Crippen LogP contribution in [-0.4, -0.2) is 77.2 Å². The van der Waals surface area contributed by atoms with Gasteiger partial charge in [0, 0.05) is 13.1 Å². The average Bonchev–Trinajstić information content (AvgIpc) is 3.31. The van der Waals surface area contributed by atoms with Crippen LogP contribution in [0, 0.1) is 11.8 Å². The van der Waals surface area contributed by atoms with Crippen LogP contribution in [0.4, 0.5) is 14.4 Å². The molecular weight excluding hydrogens is 647 g/mol. The molecule has 0 aromatic rings. The van der Waals surface area contributed by atoms with E-state index in [1.807, 2.05) is 0 Å². The number of ether oxygens (including phenoxy) is 1. The maximum atomic E-state index is 12.3. The number of urea groups is 1. The van der Waals surface area contributed by atoms with Gasteiger partial charge in [-0.15, -0.1) is 0 Å². The maximum absolute atomic E-state index is 12.3. The molecule has 0 spiro atoms. The van der Waals surface area contributed by atoms with Crippen molar-refractivity contribution in [3.63, 3.8) is 0 Å². The smallest absolute Gasteiger partial charge is 0.410 e. The fraction of sp³-hybridized carbons (Fsp3) is 0.700. The Morgan fingerprint density at radius 1 is 1.23 bits per heavy atom. The summed E-state index contributed by atoms with van der Waals surface area (Å²) in [6.45, 7) is 6.84. The van der Waals surface area contributed by atoms with E-state index >= 15 is 0 Å². The van der Waals surface area contributed by atoms with Gasteiger partial charge in [0.2, 0.25) is 0 Å². The Bertz CT molecular complexity index is 710. The number of carboxylic acid groups (broad SMARTS) is 1. The minimum Gasteiger partial charge on any atom is -0.465 e. The van der Waals surface area contributed by atoms with Crippen LogP contribution in [0.2, 0.25) is 0 Å². The molecule has 10 nitrogen and oxygen atoms in total. The predicted molar refractivity (Wildman–Crippen MR) is 110 cm³/mol. The quantitative estimate of drug-likeness (QED) is 0.304. The first-order valence-electron chi connectivity index (χ1n) is 10.5. The first kappa shape index (κ1) is 23.5. The molecule has 2 aliphatic heterocycles. The molecule has 1 saturated carbocycles. The van der Waals surface area contributed by atoms with Crippen molar-refractivity contribution in [2.24, 2.45) is 16.9 Å². The number of amides is 4. The molecule has 31 heavy (non-hydrogen) atoms. The fourth-order valence-electron chi connectivity index (χ4n) is 4.55. The number of hydrogen-bond donors (Lipinski definition) is 3. The number of rotatable bonds is 5. The molecule has 3 aliphatic rings. The van der Waals surface area contributed by atoms with Crippen LogP contribution in [0.15, 0.2) is 17.8 Å². The Morgan fingerprint density at radius 3 is 2.58 bits per heavy atom. The van der Waals surface area contributed by atoms with E-state index in [0.29, 0.717) is 31.1 Å². The zero-order chi connectivity index (χ0) is 21.7. The number of nitrogens with zero attached hydrogens (tertiary/aromatic N) is 3. The molecule has 3 N–H and O–H groups in total. The molecule has 2 atom stereocenters. The van der Waals surface area contributed by atoms with E-state index in [1.54, 1.807) is 0 Å². The predicted octanol–water partition coefficient (Wildman–Crippen LogP) is 2.23. The van der Waals surface area contributed by atoms with Gasteiger partial charge < -0.3 is 15.2 Å². The van der Waals surface area contributed by atoms with Gasteiger partial charge in [0.1, 0.15) is 6.61 Å². The zero-order valence-corrected chi connectivity index (χ0v) is 20.1. The number of hydrazone groups is 1. The number of nitrogens with one attached hydrogen (secondary N) is 2. The van der Waals surface area contributed by atoms with Crippen molar-refractivity contribution in [3.8, 4) is 0 Å². The van der Waals surface area contributed by atoms with E-state index in [1.165, 1.54) is 28.7 Å². The molecule has 0 aromatic heterocycles. The van der Waals surface area contributed by atoms with Crippen LogP contribution in [-0.2, 0) is 4.74 Å². The monoisotopic (exact) mass is 678 g/mol. The Kier molecular flexibility index (Phi) is 7.81. The van der Waals surface area contributed by atoms with Crippen LogP contribution < -0.4 is 10.7 Å². The van der Waals surface area contributed by atoms with Crippen LogP contribution in [0.25, 0.3) is 0 Å². The largest absolute Gasteiger partial charge is 0.465 e. The summed E-state index contributed by atoms with van der Waals surface area (Å²) in [5.41, 5.74) is 2.90. The summed E-state index contributed by atoms with van der Waals surface area (Å²) >= 11 is 0. The summed E-state index contributed by atoms with van der Waals surface area (Å²) in [5.74, 6) is 1.23. The SMILES string of the molecule is C=CCOC(=O)N1C/C(=N\NC(=O)NCC2CCC(C)CC2)C2C1CCN2C(=O)O.[Fm]. The van der Waals surface area contributed by atoms with Gasteiger partial charge in [-0.25, -0.2) is 19.8 Å². The second kappa shape index (κ2) is 10.3. The molecule has 2 heterocycles. The minimum atomic E-state index is -1.08. The molecule has 2 unspecified atom stereocenters. The van der Waals surface area contributed by atoms with Gasteiger partial charge >= 0.3 is 18.2 Å². The summed E-state index contributed by atoms with van der Waals surface area (Å²) in [7, 11) is 0. The standard InChI is InChI=1S/C20H31N5O5.Fm/c1-3-10-30-20(29)25-12-15(17-16(25)8-9-24(17)19(27)28)22-23-18(26)21-11-14-6-4-13(2)5-7-14;/h3,13-14,16-17H,1,4-12H2,2H3,(H,27,28)(H2,21,23,26);/b22-15+;. The Morgan fingerprint density at radius 2 is 1.94 bits per heavy atom. The number of likely N-dealkylation sites (tertiary alicyclic amines) is 2. The molecule has 3 rings (SSSR count). The van der Waals surface area contributed by atoms with Crippen LogP contribution >= 0.6 is 0 Å². The van der Waals surface area contributed by atoms with E-state index in [0.717, 1.165) is 18.8 Å². The van der Waals surface area contributed by atoms with Gasteiger partial charge in [-0.1, -0.05) is 32.4 Å². The van der Waals surface area contributed by atoms with Gasteiger partial charge in [0.25, 0.3) is 0 Å². The molecule has 0 bridgehead atoms. The van der Waals surface area contributed by atoms with Crippen molar-refractivity contribution in [2.45, 2.75) is 51.1 Å². The average molecular weight is 678 g/mol. The number of carbonyl (C=O) groups excluding carboxylic acids is 2. The molecule has 2 saturated heterocycles. The van der Waals surface area contributed by atoms with E-state index in [-0.39, 0.29) is 19.2 Å². The summed E-state index contributed by atoms with van der Waals surface area (Å²) in [5, 5.41) is 16.5. The van der Waals surface area contributed by atoms with Crippen LogP contribution in [0.5, 0.6) is 0 Å². The molecule has 11 heteroatoms. The number of hydrogen-bond acceptors (Lipinski definition) is 5. The summed E-state index contributed by atoms with van der Waals surface area (Å²) in [6.07, 6.45) is 4.92. The Labute approximate surface area is 176 Å². The third-order valence-electron chi connectivity index (χ3n) is 6.23. The van der Waals surface area contributed by atoms with Gasteiger partial charge in [0.15, 0.2) is 0 Å². The van der Waals surface area contributed by atoms with Crippen LogP contribution in [0.3, 0.4) is 0 Å². The first-order valence-corrected chi connectivity index (χ1v) is 10.5. The van der Waals surface area contributed by atoms with Gasteiger partial charge in [-0.2, -0.15) is 5.10 Å². The van der Waals surface area contributed by atoms with Crippen molar-refractivity contribution >= 4 is 23.9 Å². The minimum absolute atomic E-state index is 0. The molecule has 3 fully saturated rings. The van der Waals surface area contributed by atoms with Gasteiger partial charge in [-0.3, -0.25) is 9.80 Å². The summed E-state index contributed by atoms with van der Waals surface area (Å²) in [6, 6.07) is -1.37. The van der Waals surface area contributed by atoms with E-state index in [9.17, 15) is 19.5 Å². The van der Waals surface area contributed by atoms with E-state index < -0.39 is 24.3 Å². The van der Waals surface area contributed by atoms with E-state index in [2.05, 4.69) is 29.3 Å². The van der Waals surface area contributed by atoms with E-state index in [4.69, 9.17) is 4.74 Å². The van der Waals surface area contributed by atoms with Gasteiger partial charge in [0.05, 0.1) is 24.3 Å². The molecule has 178 valence electrons. The molecule has 4 amide bonds. The van der Waals surface area contributed by atoms with Crippen molar-refractivity contribution in [2.75, 3.05) is 26.2 Å². The normalized spacial score (nSPS) is 28.5. The maximum Gasteiger partial charge on any atom is 0.410 e. The first-order chi connectivity index (χ1) is 14.4. The van der Waals surface area contributed by atoms with Gasteiger partial charge in [-0.05, 0) is 31.1 Å². The fourth-order valence-corrected chi connectivity index (χ4v) is 4.55. The molecule has 1 aliphatic carbocycles. The second-order valence-corrected chi connectivity index (χ2v) is 8.32. The van der Waals surface area contributed by atoms with Crippen molar-refractivity contribution in [1.82, 2.24) is 20.5 Å². The Balaban J connectivity index is 0.00000341. The molecule has 0 aromatic carbocycles. The topological polar surface area (TPSA) is 124 Å². The van der Waals surface area contributed by atoms with Crippen molar-refractivity contribution in [1.29, 1.82) is 0 Å². The van der Waals surface area contributed by atoms with Crippen molar-refractivity contribution in [3.05, 3.63) is 12.7 Å². The van der Waals surface area contributed by atoms with Crippen LogP contribution in [0.1, 0.15) is 39.0 Å². The van der Waals surface area contributed by atoms with Crippen molar-refractivity contribution < 1.29 is 24.2 Å². The zero-order valence-electron chi connectivity index (χ0n) is 17.7. The number of carbonyl (C=O) groups is 3. The molecule has 0 radical (unpaired) electrons.